The highest BCUT2D eigenvalue weighted by Gasteiger charge is 2.57. The molecule has 116 valence electrons. The van der Waals surface area contributed by atoms with E-state index in [2.05, 4.69) is 0 Å². The topological polar surface area (TPSA) is 49.7 Å². The Labute approximate surface area is 132 Å². The van der Waals surface area contributed by atoms with Crippen molar-refractivity contribution in [3.05, 3.63) is 66.2 Å². The van der Waals surface area contributed by atoms with Gasteiger partial charge in [-0.05, 0) is 17.7 Å². The summed E-state index contributed by atoms with van der Waals surface area (Å²) in [5.41, 5.74) is 0.226. The normalized spacial score (nSPS) is 30.9. The lowest BCUT2D eigenvalue weighted by molar-refractivity contribution is -0.246. The number of aliphatic hydroxyl groups is 1. The van der Waals surface area contributed by atoms with Gasteiger partial charge in [0.05, 0.1) is 0 Å². The third-order valence-electron chi connectivity index (χ3n) is 4.71. The molecule has 2 N–H and O–H groups in total. The molecule has 4 heteroatoms. The number of benzene rings is 2. The Bertz CT molecular complexity index is 644. The molecule has 2 unspecified atom stereocenters. The molecule has 2 atom stereocenters. The minimum Gasteiger partial charge on any atom is -0.407 e. The zero-order valence-corrected chi connectivity index (χ0v) is 14.0. The highest BCUT2D eigenvalue weighted by molar-refractivity contribution is 6.80. The monoisotopic (exact) mass is 314 g/mol. The van der Waals surface area contributed by atoms with Crippen molar-refractivity contribution in [1.29, 1.82) is 0 Å². The Morgan fingerprint density at radius 2 is 1.50 bits per heavy atom. The van der Waals surface area contributed by atoms with Crippen LogP contribution in [0, 0.1) is 5.41 Å². The number of rotatable bonds is 2. The third kappa shape index (κ3) is 2.42. The largest absolute Gasteiger partial charge is 0.407 e. The second-order valence-corrected chi connectivity index (χ2v) is 9.50. The van der Waals surface area contributed by atoms with Gasteiger partial charge in [0.1, 0.15) is 0 Å². The highest BCUT2D eigenvalue weighted by Crippen LogP contribution is 2.50. The molecule has 3 nitrogen and oxygen atoms in total. The zero-order chi connectivity index (χ0) is 15.8. The first-order chi connectivity index (χ1) is 10.4. The lowest BCUT2D eigenvalue weighted by Crippen LogP contribution is -2.63. The van der Waals surface area contributed by atoms with Crippen molar-refractivity contribution in [1.82, 2.24) is 0 Å². The zero-order valence-electron chi connectivity index (χ0n) is 13.0. The van der Waals surface area contributed by atoms with Crippen LogP contribution < -0.4 is 5.19 Å². The smallest absolute Gasteiger partial charge is 0.372 e. The van der Waals surface area contributed by atoms with Crippen LogP contribution in [-0.2, 0) is 10.2 Å². The molecule has 0 bridgehead atoms. The molecule has 0 aliphatic carbocycles. The first-order valence-corrected chi connectivity index (χ1v) is 9.70. The van der Waals surface area contributed by atoms with Gasteiger partial charge in [-0.3, -0.25) is 0 Å². The molecule has 1 aliphatic rings. The van der Waals surface area contributed by atoms with E-state index < -0.39 is 19.8 Å². The molecule has 0 aromatic heterocycles. The van der Waals surface area contributed by atoms with E-state index >= 15 is 0 Å². The number of hydrogen-bond donors (Lipinski definition) is 2. The highest BCUT2D eigenvalue weighted by atomic mass is 28.4. The van der Waals surface area contributed by atoms with Gasteiger partial charge in [0.2, 0.25) is 0 Å². The Morgan fingerprint density at radius 3 is 2.09 bits per heavy atom. The Kier molecular flexibility index (Phi) is 3.73. The first-order valence-electron chi connectivity index (χ1n) is 7.63. The van der Waals surface area contributed by atoms with Crippen molar-refractivity contribution in [3.8, 4) is 0 Å². The molecule has 1 heterocycles. The Hall–Kier alpha value is -1.46. The van der Waals surface area contributed by atoms with Gasteiger partial charge in [-0.25, -0.2) is 0 Å². The molecule has 3 rings (SSSR count). The van der Waals surface area contributed by atoms with Crippen molar-refractivity contribution in [3.63, 3.8) is 0 Å². The van der Waals surface area contributed by atoms with E-state index in [9.17, 15) is 9.90 Å². The number of hydrogen-bond acceptors (Lipinski definition) is 3. The van der Waals surface area contributed by atoms with Crippen molar-refractivity contribution < 1.29 is 14.3 Å². The summed E-state index contributed by atoms with van der Waals surface area (Å²) in [6, 6.07) is 19.4. The van der Waals surface area contributed by atoms with Gasteiger partial charge in [0.25, 0.3) is 0 Å². The summed E-state index contributed by atoms with van der Waals surface area (Å²) in [4.78, 5) is 11.1. The first kappa shape index (κ1) is 15.4. The van der Waals surface area contributed by atoms with Gasteiger partial charge in [0.15, 0.2) is 5.79 Å². The average Bonchev–Trinajstić information content (AvgIpc) is 2.54. The Balaban J connectivity index is 2.05. The van der Waals surface area contributed by atoms with E-state index in [0.717, 1.165) is 5.19 Å². The van der Waals surface area contributed by atoms with E-state index in [4.69, 9.17) is 4.43 Å². The van der Waals surface area contributed by atoms with Crippen LogP contribution in [0.2, 0.25) is 6.04 Å². The molecule has 2 aromatic carbocycles. The van der Waals surface area contributed by atoms with E-state index in [1.165, 1.54) is 0 Å². The van der Waals surface area contributed by atoms with Gasteiger partial charge < -0.3 is 14.3 Å². The summed E-state index contributed by atoms with van der Waals surface area (Å²) in [7, 11) is -3.17. The van der Waals surface area contributed by atoms with Crippen molar-refractivity contribution >= 4 is 13.7 Å². The molecule has 0 radical (unpaired) electrons. The summed E-state index contributed by atoms with van der Waals surface area (Å²) in [5.74, 6) is -1.48. The van der Waals surface area contributed by atoms with E-state index in [1.54, 1.807) is 0 Å². The molecule has 22 heavy (non-hydrogen) atoms. The van der Waals surface area contributed by atoms with Crippen LogP contribution in [-0.4, -0.2) is 18.5 Å². The predicted molar refractivity (Wildman–Crippen MR) is 88.7 cm³/mol. The van der Waals surface area contributed by atoms with Crippen LogP contribution in [0.25, 0.3) is 0 Å². The molecular weight excluding hydrogens is 292 g/mol. The maximum absolute atomic E-state index is 11.3. The maximum atomic E-state index is 11.3. The second kappa shape index (κ2) is 5.32. The molecule has 1 aliphatic heterocycles. The summed E-state index contributed by atoms with van der Waals surface area (Å²) < 4.78 is 6.10. The van der Waals surface area contributed by atoms with Crippen LogP contribution in [0.5, 0.6) is 0 Å². The van der Waals surface area contributed by atoms with E-state index in [0.29, 0.717) is 18.0 Å². The lowest BCUT2D eigenvalue weighted by atomic mass is 9.77. The van der Waals surface area contributed by atoms with Gasteiger partial charge in [-0.1, -0.05) is 74.5 Å². The fraction of sp³-hybridized carbons (Fsp3) is 0.333. The van der Waals surface area contributed by atoms with Gasteiger partial charge in [-0.2, -0.15) is 0 Å². The molecule has 2 aromatic rings. The molecule has 0 amide bonds. The van der Waals surface area contributed by atoms with Crippen LogP contribution in [0.1, 0.15) is 25.8 Å². The summed E-state index contributed by atoms with van der Waals surface area (Å²) in [6.07, 6.45) is 0.704. The minimum absolute atomic E-state index is 0.470. The Morgan fingerprint density at radius 1 is 0.955 bits per heavy atom. The summed E-state index contributed by atoms with van der Waals surface area (Å²) in [5, 5.41) is 12.1. The molecule has 0 saturated carbocycles. The van der Waals surface area contributed by atoms with E-state index in [-0.39, 0.29) is 0 Å². The molecule has 0 spiro atoms. The van der Waals surface area contributed by atoms with Crippen molar-refractivity contribution in [2.24, 2.45) is 5.41 Å². The van der Waals surface area contributed by atoms with Crippen LogP contribution in [0.3, 0.4) is 0 Å². The van der Waals surface area contributed by atoms with Gasteiger partial charge in [0, 0.05) is 11.0 Å². The summed E-state index contributed by atoms with van der Waals surface area (Å²) >= 11 is 0. The fourth-order valence-corrected chi connectivity index (χ4v) is 6.17. The molecular formula is C18H22O3Si. The molecule has 1 fully saturated rings. The van der Waals surface area contributed by atoms with E-state index in [1.807, 2.05) is 74.5 Å². The van der Waals surface area contributed by atoms with Crippen molar-refractivity contribution in [2.75, 3.05) is 0 Å². The van der Waals surface area contributed by atoms with Crippen LogP contribution in [0.15, 0.2) is 60.7 Å². The molecule has 1 saturated heterocycles. The minimum atomic E-state index is -3.17. The van der Waals surface area contributed by atoms with Gasteiger partial charge in [-0.15, -0.1) is 0 Å². The van der Waals surface area contributed by atoms with Crippen LogP contribution in [0.4, 0.5) is 0 Å². The predicted octanol–water partition coefficient (Wildman–Crippen LogP) is 2.62. The second-order valence-electron chi connectivity index (χ2n) is 6.65. The third-order valence-corrected chi connectivity index (χ3v) is 7.51. The average molecular weight is 314 g/mol. The lowest BCUT2D eigenvalue weighted by Gasteiger charge is -2.51. The van der Waals surface area contributed by atoms with Crippen molar-refractivity contribution in [2.45, 2.75) is 32.1 Å². The maximum Gasteiger partial charge on any atom is 0.372 e. The summed E-state index contributed by atoms with van der Waals surface area (Å²) in [6.45, 7) is 3.97. The van der Waals surface area contributed by atoms with Crippen LogP contribution >= 0.6 is 0 Å². The quantitative estimate of drug-likeness (QED) is 0.838. The van der Waals surface area contributed by atoms with Gasteiger partial charge >= 0.3 is 8.56 Å². The fourth-order valence-electron chi connectivity index (χ4n) is 3.10. The standard InChI is InChI=1S/C18H22O3Si/c1-17(2)13-14-22(20,16-11-7-4-8-12-16)21-18(17,19)15-9-5-3-6-10-15/h3-12,19-20H,13-14H2,1-2H3. The SMILES string of the molecule is CC1(C)CC[Si](O)(c2ccccc2)OC1(O)c1ccccc1.